The second kappa shape index (κ2) is 7.73. The lowest BCUT2D eigenvalue weighted by molar-refractivity contribution is 0.00185. The molecule has 3 rings (SSSR count). The van der Waals surface area contributed by atoms with Gasteiger partial charge in [0.05, 0.1) is 11.9 Å². The van der Waals surface area contributed by atoms with Crippen LogP contribution in [0.15, 0.2) is 18.2 Å². The number of hydrogen-bond acceptors (Lipinski definition) is 3. The molecule has 2 aliphatic rings. The van der Waals surface area contributed by atoms with Gasteiger partial charge in [-0.1, -0.05) is 36.2 Å². The van der Waals surface area contributed by atoms with Crippen molar-refractivity contribution in [2.75, 3.05) is 12.4 Å². The fraction of sp³-hybridized carbons (Fsp3) is 0.667. The Bertz CT molecular complexity index is 711. The summed E-state index contributed by atoms with van der Waals surface area (Å²) in [6.45, 7) is 2.77. The minimum Gasteiger partial charge on any atom is -0.377 e. The highest BCUT2D eigenvalue weighted by Crippen LogP contribution is 2.38. The lowest BCUT2D eigenvalue weighted by Crippen LogP contribution is -2.56. The van der Waals surface area contributed by atoms with Gasteiger partial charge in [0.25, 0.3) is 0 Å². The summed E-state index contributed by atoms with van der Waals surface area (Å²) in [6.07, 6.45) is 4.88. The van der Waals surface area contributed by atoms with Crippen LogP contribution in [0.2, 0.25) is 10.0 Å². The molecule has 1 saturated heterocycles. The average molecular weight is 406 g/mol. The lowest BCUT2D eigenvalue weighted by atomic mass is 9.74. The van der Waals surface area contributed by atoms with Crippen molar-refractivity contribution in [2.24, 2.45) is 5.92 Å². The number of halogens is 2. The van der Waals surface area contributed by atoms with Crippen molar-refractivity contribution < 1.29 is 13.2 Å². The Hall–Kier alpha value is -0.330. The van der Waals surface area contributed by atoms with Gasteiger partial charge in [-0.2, -0.15) is 0 Å². The molecule has 0 amide bonds. The smallest absolute Gasteiger partial charge is 0.214 e. The molecule has 2 atom stereocenters. The topological polar surface area (TPSA) is 55.4 Å². The monoisotopic (exact) mass is 405 g/mol. The van der Waals surface area contributed by atoms with E-state index in [4.69, 9.17) is 27.9 Å². The Labute approximate surface area is 160 Å². The molecule has 1 heterocycles. The highest BCUT2D eigenvalue weighted by Gasteiger charge is 2.41. The van der Waals surface area contributed by atoms with E-state index in [9.17, 15) is 8.42 Å². The number of benzene rings is 1. The molecular formula is C18H25Cl2NO3S. The van der Waals surface area contributed by atoms with Crippen LogP contribution in [0.5, 0.6) is 0 Å². The zero-order valence-electron chi connectivity index (χ0n) is 14.4. The summed E-state index contributed by atoms with van der Waals surface area (Å²) in [6, 6.07) is 5.38. The molecule has 1 N–H and O–H groups in total. The SMILES string of the molecule is CC1CCC(CS(=O)(=O)NC2(Cc3ccc(Cl)cc3Cl)CCC2)OC1. The summed E-state index contributed by atoms with van der Waals surface area (Å²) in [5, 5.41) is 1.17. The third-order valence-corrected chi connectivity index (χ3v) is 7.37. The largest absolute Gasteiger partial charge is 0.377 e. The maximum absolute atomic E-state index is 12.7. The van der Waals surface area contributed by atoms with Crippen molar-refractivity contribution in [1.29, 1.82) is 0 Å². The van der Waals surface area contributed by atoms with Crippen LogP contribution in [0.4, 0.5) is 0 Å². The van der Waals surface area contributed by atoms with Crippen molar-refractivity contribution in [3.8, 4) is 0 Å². The average Bonchev–Trinajstić information content (AvgIpc) is 2.49. The number of nitrogens with one attached hydrogen (secondary N) is 1. The Kier molecular flexibility index (Phi) is 6.01. The van der Waals surface area contributed by atoms with Gasteiger partial charge in [0.2, 0.25) is 10.0 Å². The first-order valence-corrected chi connectivity index (χ1v) is 11.2. The van der Waals surface area contributed by atoms with Gasteiger partial charge in [-0.15, -0.1) is 0 Å². The quantitative estimate of drug-likeness (QED) is 0.771. The van der Waals surface area contributed by atoms with E-state index in [1.807, 2.05) is 6.07 Å². The third-order valence-electron chi connectivity index (χ3n) is 5.23. The van der Waals surface area contributed by atoms with E-state index in [2.05, 4.69) is 11.6 Å². The van der Waals surface area contributed by atoms with E-state index in [1.165, 1.54) is 0 Å². The molecule has 1 aliphatic heterocycles. The van der Waals surface area contributed by atoms with E-state index >= 15 is 0 Å². The first-order chi connectivity index (χ1) is 11.8. The van der Waals surface area contributed by atoms with E-state index in [1.54, 1.807) is 12.1 Å². The van der Waals surface area contributed by atoms with Gasteiger partial charge in [-0.25, -0.2) is 13.1 Å². The molecule has 1 aromatic rings. The van der Waals surface area contributed by atoms with Gasteiger partial charge in [0.15, 0.2) is 0 Å². The Morgan fingerprint density at radius 3 is 2.60 bits per heavy atom. The first-order valence-electron chi connectivity index (χ1n) is 8.84. The molecule has 1 aliphatic carbocycles. The summed E-state index contributed by atoms with van der Waals surface area (Å²) in [7, 11) is -3.40. The fourth-order valence-corrected chi connectivity index (χ4v) is 5.88. The molecule has 4 nitrogen and oxygen atoms in total. The minimum absolute atomic E-state index is 0.0375. The Morgan fingerprint density at radius 1 is 1.28 bits per heavy atom. The standard InChI is InChI=1S/C18H25Cl2NO3S/c1-13-3-6-16(24-11-13)12-25(22,23)21-18(7-2-8-18)10-14-4-5-15(19)9-17(14)20/h4-5,9,13,16,21H,2-3,6-8,10-12H2,1H3. The van der Waals surface area contributed by atoms with Crippen molar-refractivity contribution >= 4 is 33.2 Å². The normalized spacial score (nSPS) is 26.2. The highest BCUT2D eigenvalue weighted by atomic mass is 35.5. The van der Waals surface area contributed by atoms with Crippen LogP contribution in [0.1, 0.15) is 44.6 Å². The molecule has 1 aromatic carbocycles. The van der Waals surface area contributed by atoms with E-state index in [0.29, 0.717) is 29.0 Å². The summed E-state index contributed by atoms with van der Waals surface area (Å²) >= 11 is 12.2. The fourth-order valence-electron chi connectivity index (χ4n) is 3.63. The van der Waals surface area contributed by atoms with Gasteiger partial charge in [0, 0.05) is 22.2 Å². The summed E-state index contributed by atoms with van der Waals surface area (Å²) < 4.78 is 34.0. The zero-order chi connectivity index (χ0) is 18.1. The van der Waals surface area contributed by atoms with Crippen molar-refractivity contribution in [3.05, 3.63) is 33.8 Å². The van der Waals surface area contributed by atoms with Gasteiger partial charge in [-0.05, 0) is 62.1 Å². The zero-order valence-corrected chi connectivity index (χ0v) is 16.8. The molecule has 0 spiro atoms. The summed E-state index contributed by atoms with van der Waals surface area (Å²) in [5.41, 5.74) is 0.495. The molecule has 2 fully saturated rings. The second-order valence-electron chi connectivity index (χ2n) is 7.57. The van der Waals surface area contributed by atoms with Crippen LogP contribution in [0.25, 0.3) is 0 Å². The number of rotatable bonds is 6. The molecule has 7 heteroatoms. The first kappa shape index (κ1) is 19.4. The molecule has 25 heavy (non-hydrogen) atoms. The number of sulfonamides is 1. The van der Waals surface area contributed by atoms with Crippen LogP contribution in [0.3, 0.4) is 0 Å². The van der Waals surface area contributed by atoms with Crippen molar-refractivity contribution in [1.82, 2.24) is 4.72 Å². The minimum atomic E-state index is -3.40. The molecule has 140 valence electrons. The summed E-state index contributed by atoms with van der Waals surface area (Å²) in [4.78, 5) is 0. The van der Waals surface area contributed by atoms with Crippen molar-refractivity contribution in [2.45, 2.75) is 57.1 Å². The Morgan fingerprint density at radius 2 is 2.04 bits per heavy atom. The van der Waals surface area contributed by atoms with E-state index < -0.39 is 15.6 Å². The lowest BCUT2D eigenvalue weighted by Gasteiger charge is -2.43. The predicted molar refractivity (Wildman–Crippen MR) is 102 cm³/mol. The van der Waals surface area contributed by atoms with Crippen LogP contribution in [-0.2, 0) is 21.2 Å². The number of ether oxygens (including phenoxy) is 1. The maximum atomic E-state index is 12.7. The molecule has 0 radical (unpaired) electrons. The summed E-state index contributed by atoms with van der Waals surface area (Å²) in [5.74, 6) is 0.549. The van der Waals surface area contributed by atoms with Gasteiger partial charge in [-0.3, -0.25) is 0 Å². The van der Waals surface area contributed by atoms with E-state index in [-0.39, 0.29) is 11.9 Å². The van der Waals surface area contributed by atoms with Gasteiger partial charge in [0.1, 0.15) is 0 Å². The van der Waals surface area contributed by atoms with Crippen LogP contribution in [0, 0.1) is 5.92 Å². The van der Waals surface area contributed by atoms with E-state index in [0.717, 1.165) is 37.7 Å². The van der Waals surface area contributed by atoms with Crippen LogP contribution < -0.4 is 4.72 Å². The predicted octanol–water partition coefficient (Wildman–Crippen LogP) is 4.19. The van der Waals surface area contributed by atoms with Crippen LogP contribution in [-0.4, -0.2) is 32.4 Å². The maximum Gasteiger partial charge on any atom is 0.214 e. The molecular weight excluding hydrogens is 381 g/mol. The van der Waals surface area contributed by atoms with Crippen molar-refractivity contribution in [3.63, 3.8) is 0 Å². The Balaban J connectivity index is 1.66. The number of hydrogen-bond donors (Lipinski definition) is 1. The van der Waals surface area contributed by atoms with Gasteiger partial charge >= 0.3 is 0 Å². The second-order valence-corrected chi connectivity index (χ2v) is 10.2. The third kappa shape index (κ3) is 5.10. The van der Waals surface area contributed by atoms with Crippen LogP contribution >= 0.6 is 23.2 Å². The molecule has 0 bridgehead atoms. The van der Waals surface area contributed by atoms with Gasteiger partial charge < -0.3 is 4.74 Å². The molecule has 2 unspecified atom stereocenters. The molecule has 0 aromatic heterocycles. The molecule has 1 saturated carbocycles. The highest BCUT2D eigenvalue weighted by molar-refractivity contribution is 7.89.